The predicted molar refractivity (Wildman–Crippen MR) is 121 cm³/mol. The summed E-state index contributed by atoms with van der Waals surface area (Å²) in [5, 5.41) is 2.96. The molecule has 29 heavy (non-hydrogen) atoms. The quantitative estimate of drug-likeness (QED) is 0.726. The van der Waals surface area contributed by atoms with Crippen molar-refractivity contribution in [3.05, 3.63) is 76.4 Å². The summed E-state index contributed by atoms with van der Waals surface area (Å²) in [5.74, 6) is 0. The first-order valence-electron chi connectivity index (χ1n) is 10.4. The lowest BCUT2D eigenvalue weighted by Crippen LogP contribution is -2.41. The van der Waals surface area contributed by atoms with Crippen molar-refractivity contribution in [2.24, 2.45) is 0 Å². The van der Waals surface area contributed by atoms with E-state index in [0.717, 1.165) is 32.5 Å². The minimum absolute atomic E-state index is 0.0241. The van der Waals surface area contributed by atoms with Gasteiger partial charge >= 0.3 is 6.03 Å². The zero-order chi connectivity index (χ0) is 20.2. The van der Waals surface area contributed by atoms with Gasteiger partial charge in [-0.05, 0) is 40.7 Å². The van der Waals surface area contributed by atoms with E-state index in [0.29, 0.717) is 6.54 Å². The molecule has 0 bridgehead atoms. The average Bonchev–Trinajstić information content (AvgIpc) is 2.91. The van der Waals surface area contributed by atoms with E-state index in [1.54, 1.807) is 24.6 Å². The zero-order valence-corrected chi connectivity index (χ0v) is 17.3. The van der Waals surface area contributed by atoms with Crippen LogP contribution in [0.5, 0.6) is 0 Å². The molecular weight excluding hydrogens is 358 g/mol. The summed E-state index contributed by atoms with van der Waals surface area (Å²) in [7, 11) is 3.54. The SMILES string of the molecule is CN(C)C(=O)NCCN1CCC(=C2c3ccccc3C=Cc3ccccc32)CC1. The lowest BCUT2D eigenvalue weighted by Gasteiger charge is -2.30. The molecule has 0 saturated carbocycles. The summed E-state index contributed by atoms with van der Waals surface area (Å²) in [5.41, 5.74) is 8.23. The fourth-order valence-corrected chi connectivity index (χ4v) is 4.22. The minimum Gasteiger partial charge on any atom is -0.337 e. The van der Waals surface area contributed by atoms with Crippen LogP contribution < -0.4 is 5.32 Å². The lowest BCUT2D eigenvalue weighted by molar-refractivity contribution is 0.211. The summed E-state index contributed by atoms with van der Waals surface area (Å²) < 4.78 is 0. The van der Waals surface area contributed by atoms with E-state index in [9.17, 15) is 4.79 Å². The number of piperidine rings is 1. The molecule has 1 fully saturated rings. The molecule has 0 atom stereocenters. The van der Waals surface area contributed by atoms with Crippen molar-refractivity contribution in [2.75, 3.05) is 40.3 Å². The number of benzene rings is 2. The van der Waals surface area contributed by atoms with E-state index < -0.39 is 0 Å². The minimum atomic E-state index is -0.0241. The van der Waals surface area contributed by atoms with E-state index in [-0.39, 0.29) is 6.03 Å². The Hall–Kier alpha value is -2.85. The normalized spacial score (nSPS) is 16.1. The number of carbonyl (C=O) groups excluding carboxylic acids is 1. The Labute approximate surface area is 173 Å². The molecule has 4 nitrogen and oxygen atoms in total. The maximum atomic E-state index is 11.7. The number of fused-ring (bicyclic) bond motifs is 2. The van der Waals surface area contributed by atoms with Gasteiger partial charge in [0.2, 0.25) is 0 Å². The molecule has 0 radical (unpaired) electrons. The molecule has 1 heterocycles. The third kappa shape index (κ3) is 4.28. The Balaban J connectivity index is 1.54. The molecule has 1 N–H and O–H groups in total. The van der Waals surface area contributed by atoms with E-state index >= 15 is 0 Å². The van der Waals surface area contributed by atoms with Gasteiger partial charge in [-0.2, -0.15) is 0 Å². The van der Waals surface area contributed by atoms with E-state index in [1.165, 1.54) is 27.8 Å². The van der Waals surface area contributed by atoms with Crippen molar-refractivity contribution in [1.82, 2.24) is 15.1 Å². The molecule has 1 aliphatic carbocycles. The van der Waals surface area contributed by atoms with Crippen LogP contribution in [0.15, 0.2) is 54.1 Å². The van der Waals surface area contributed by atoms with Gasteiger partial charge in [0.1, 0.15) is 0 Å². The van der Waals surface area contributed by atoms with Gasteiger partial charge in [0.15, 0.2) is 0 Å². The third-order valence-electron chi connectivity index (χ3n) is 5.83. The van der Waals surface area contributed by atoms with E-state index in [4.69, 9.17) is 0 Å². The molecule has 4 heteroatoms. The van der Waals surface area contributed by atoms with Crippen molar-refractivity contribution in [2.45, 2.75) is 12.8 Å². The number of hydrogen-bond donors (Lipinski definition) is 1. The second-order valence-corrected chi connectivity index (χ2v) is 7.95. The molecule has 1 saturated heterocycles. The summed E-state index contributed by atoms with van der Waals surface area (Å²) in [6.45, 7) is 3.66. The van der Waals surface area contributed by atoms with Crippen molar-refractivity contribution in [3.63, 3.8) is 0 Å². The maximum Gasteiger partial charge on any atom is 0.316 e. The molecule has 2 aliphatic rings. The monoisotopic (exact) mass is 387 g/mol. The Morgan fingerprint density at radius 1 is 0.931 bits per heavy atom. The summed E-state index contributed by atoms with van der Waals surface area (Å²) in [6.07, 6.45) is 6.62. The van der Waals surface area contributed by atoms with Gasteiger partial charge in [-0.15, -0.1) is 0 Å². The highest BCUT2D eigenvalue weighted by Gasteiger charge is 2.22. The zero-order valence-electron chi connectivity index (χ0n) is 17.3. The Bertz CT molecular complexity index is 897. The summed E-state index contributed by atoms with van der Waals surface area (Å²) in [4.78, 5) is 15.7. The Kier molecular flexibility index (Phi) is 5.81. The number of hydrogen-bond acceptors (Lipinski definition) is 2. The van der Waals surface area contributed by atoms with Crippen LogP contribution in [0.4, 0.5) is 4.79 Å². The molecule has 0 aromatic heterocycles. The van der Waals surface area contributed by atoms with Crippen LogP contribution in [0.3, 0.4) is 0 Å². The Morgan fingerprint density at radius 2 is 1.48 bits per heavy atom. The standard InChI is InChI=1S/C25H29N3O/c1-27(2)25(29)26-15-18-28-16-13-21(14-17-28)24-22-9-5-3-7-19(22)11-12-20-8-4-6-10-23(20)24/h3-12H,13-18H2,1-2H3,(H,26,29). The lowest BCUT2D eigenvalue weighted by atomic mass is 9.86. The maximum absolute atomic E-state index is 11.7. The van der Waals surface area contributed by atoms with Crippen LogP contribution in [-0.4, -0.2) is 56.1 Å². The molecule has 1 aliphatic heterocycles. The number of nitrogens with one attached hydrogen (secondary N) is 1. The number of nitrogens with zero attached hydrogens (tertiary/aromatic N) is 2. The van der Waals surface area contributed by atoms with Gasteiger partial charge in [0, 0.05) is 40.3 Å². The second-order valence-electron chi connectivity index (χ2n) is 7.95. The van der Waals surface area contributed by atoms with E-state index in [2.05, 4.69) is 70.9 Å². The van der Waals surface area contributed by atoms with Gasteiger partial charge in [-0.3, -0.25) is 0 Å². The molecule has 150 valence electrons. The van der Waals surface area contributed by atoms with Crippen molar-refractivity contribution in [3.8, 4) is 0 Å². The molecular formula is C25H29N3O. The van der Waals surface area contributed by atoms with Crippen LogP contribution in [0, 0.1) is 0 Å². The highest BCUT2D eigenvalue weighted by molar-refractivity contribution is 5.94. The van der Waals surface area contributed by atoms with Crippen LogP contribution in [0.2, 0.25) is 0 Å². The predicted octanol–water partition coefficient (Wildman–Crippen LogP) is 4.34. The first-order chi connectivity index (χ1) is 14.1. The first-order valence-corrected chi connectivity index (χ1v) is 10.4. The smallest absolute Gasteiger partial charge is 0.316 e. The molecule has 2 aromatic carbocycles. The number of amides is 2. The van der Waals surface area contributed by atoms with Crippen LogP contribution in [0.1, 0.15) is 35.1 Å². The largest absolute Gasteiger partial charge is 0.337 e. The molecule has 0 unspecified atom stereocenters. The number of likely N-dealkylation sites (tertiary alicyclic amines) is 1. The highest BCUT2D eigenvalue weighted by Crippen LogP contribution is 2.38. The van der Waals surface area contributed by atoms with Crippen molar-refractivity contribution in [1.29, 1.82) is 0 Å². The number of urea groups is 1. The van der Waals surface area contributed by atoms with E-state index in [1.807, 2.05) is 0 Å². The van der Waals surface area contributed by atoms with Crippen molar-refractivity contribution >= 4 is 23.8 Å². The van der Waals surface area contributed by atoms with Crippen molar-refractivity contribution < 1.29 is 4.79 Å². The fraction of sp³-hybridized carbons (Fsp3) is 0.320. The Morgan fingerprint density at radius 3 is 2.03 bits per heavy atom. The topological polar surface area (TPSA) is 35.6 Å². The third-order valence-corrected chi connectivity index (χ3v) is 5.83. The molecule has 0 spiro atoms. The van der Waals surface area contributed by atoms with Gasteiger partial charge in [-0.1, -0.05) is 66.3 Å². The van der Waals surface area contributed by atoms with Crippen LogP contribution >= 0.6 is 0 Å². The van der Waals surface area contributed by atoms with Gasteiger partial charge < -0.3 is 15.1 Å². The number of carbonyl (C=O) groups is 1. The first kappa shape index (κ1) is 19.5. The number of rotatable bonds is 3. The van der Waals surface area contributed by atoms with Gasteiger partial charge in [0.25, 0.3) is 0 Å². The van der Waals surface area contributed by atoms with Gasteiger partial charge in [0.05, 0.1) is 0 Å². The molecule has 2 amide bonds. The van der Waals surface area contributed by atoms with Crippen LogP contribution in [-0.2, 0) is 0 Å². The molecule has 2 aromatic rings. The highest BCUT2D eigenvalue weighted by atomic mass is 16.2. The summed E-state index contributed by atoms with van der Waals surface area (Å²) in [6, 6.07) is 17.4. The molecule has 4 rings (SSSR count). The fourth-order valence-electron chi connectivity index (χ4n) is 4.22. The van der Waals surface area contributed by atoms with Gasteiger partial charge in [-0.25, -0.2) is 4.79 Å². The average molecular weight is 388 g/mol. The summed E-state index contributed by atoms with van der Waals surface area (Å²) >= 11 is 0. The van der Waals surface area contributed by atoms with Crippen LogP contribution in [0.25, 0.3) is 17.7 Å². The second kappa shape index (κ2) is 8.66.